The fourth-order valence-corrected chi connectivity index (χ4v) is 6.19. The van der Waals surface area contributed by atoms with Crippen molar-refractivity contribution >= 4 is 52.5 Å². The van der Waals surface area contributed by atoms with E-state index in [-0.39, 0.29) is 17.0 Å². The molecule has 4 heterocycles. The highest BCUT2D eigenvalue weighted by Crippen LogP contribution is 2.36. The lowest BCUT2D eigenvalue weighted by molar-refractivity contribution is 0.0903. The first-order chi connectivity index (χ1) is 20.6. The Hall–Kier alpha value is -2.96. The van der Waals surface area contributed by atoms with Gasteiger partial charge in [0.1, 0.15) is 29.3 Å². The van der Waals surface area contributed by atoms with E-state index in [9.17, 15) is 4.79 Å². The molecule has 0 radical (unpaired) electrons. The minimum absolute atomic E-state index is 0.128. The Balaban J connectivity index is 1.37. The van der Waals surface area contributed by atoms with E-state index in [1.807, 2.05) is 19.1 Å². The van der Waals surface area contributed by atoms with Crippen LogP contribution < -0.4 is 26.0 Å². The molecule has 1 aromatic carbocycles. The van der Waals surface area contributed by atoms with Crippen LogP contribution in [0.25, 0.3) is 0 Å². The second-order valence-corrected chi connectivity index (χ2v) is 13.0. The van der Waals surface area contributed by atoms with Gasteiger partial charge in [0.05, 0.1) is 11.4 Å². The molecule has 2 aromatic rings. The van der Waals surface area contributed by atoms with E-state index >= 15 is 0 Å². The average Bonchev–Trinajstić information content (AvgIpc) is 2.98. The van der Waals surface area contributed by atoms with Crippen molar-refractivity contribution in [2.75, 3.05) is 75.1 Å². The van der Waals surface area contributed by atoms with Crippen LogP contribution in [0.3, 0.4) is 0 Å². The van der Waals surface area contributed by atoms with Crippen molar-refractivity contribution in [1.82, 2.24) is 19.8 Å². The first kappa shape index (κ1) is 31.5. The van der Waals surface area contributed by atoms with Crippen molar-refractivity contribution in [3.63, 3.8) is 0 Å². The summed E-state index contributed by atoms with van der Waals surface area (Å²) in [5.41, 5.74) is 8.47. The third-order valence-corrected chi connectivity index (χ3v) is 8.60. The predicted octanol–water partition coefficient (Wildman–Crippen LogP) is -0.422. The van der Waals surface area contributed by atoms with Crippen molar-refractivity contribution in [2.45, 2.75) is 56.4 Å². The van der Waals surface area contributed by atoms with Gasteiger partial charge in [-0.1, -0.05) is 6.92 Å². The largest absolute Gasteiger partial charge is 0.511 e. The number of benzene rings is 1. The van der Waals surface area contributed by atoms with Crippen LogP contribution in [0.4, 0.5) is 23.0 Å². The van der Waals surface area contributed by atoms with Gasteiger partial charge in [0.2, 0.25) is 0 Å². The molecule has 1 aromatic heterocycles. The summed E-state index contributed by atoms with van der Waals surface area (Å²) < 4.78 is 12.0. The fourth-order valence-electron chi connectivity index (χ4n) is 6.19. The molecule has 0 spiro atoms. The third kappa shape index (κ3) is 8.16. The highest BCUT2D eigenvalue weighted by atomic mass is 16.5. The number of nitrogens with zero attached hydrogens (tertiary/aromatic N) is 5. The molecular weight excluding hydrogens is 541 g/mol. The maximum absolute atomic E-state index is 12.5. The molecule has 3 aliphatic rings. The number of hydrogen-bond donors (Lipinski definition) is 3. The van der Waals surface area contributed by atoms with Crippen molar-refractivity contribution in [3.05, 3.63) is 29.6 Å². The maximum atomic E-state index is 12.5. The molecule has 3 aliphatic heterocycles. The molecule has 14 heteroatoms. The lowest BCUT2D eigenvalue weighted by Crippen LogP contribution is -2.52. The molecule has 230 valence electrons. The molecule has 11 nitrogen and oxygen atoms in total. The molecule has 0 bridgehead atoms. The lowest BCUT2D eigenvalue weighted by Gasteiger charge is -2.43. The Morgan fingerprint density at radius 2 is 1.74 bits per heavy atom. The number of carbonyl (C=O) groups is 1. The van der Waals surface area contributed by atoms with Crippen LogP contribution in [-0.2, 0) is 11.2 Å². The van der Waals surface area contributed by atoms with Crippen LogP contribution >= 0.6 is 0 Å². The number of primary amides is 1. The third-order valence-electron chi connectivity index (χ3n) is 8.60. The SMILES string of the molecule is BC(B)(B)Oc1cc(Nc2nc(NC3CCOCC3)c(CC)nc2C(N)=O)ccc1N1CCC(N2CCN(C)CC2)CC1. The number of likely N-dealkylation sites (N-methyl/N-ethyl adjacent to an activating group) is 1. The second kappa shape index (κ2) is 13.8. The van der Waals surface area contributed by atoms with Gasteiger partial charge >= 0.3 is 0 Å². The molecule has 43 heavy (non-hydrogen) atoms. The Morgan fingerprint density at radius 3 is 2.37 bits per heavy atom. The zero-order chi connectivity index (χ0) is 30.6. The van der Waals surface area contributed by atoms with Crippen LogP contribution in [0.1, 0.15) is 48.8 Å². The quantitative estimate of drug-likeness (QED) is 0.316. The Labute approximate surface area is 258 Å². The van der Waals surface area contributed by atoms with E-state index in [0.29, 0.717) is 37.3 Å². The Kier molecular flexibility index (Phi) is 10.1. The fraction of sp³-hybridized carbons (Fsp3) is 0.621. The second-order valence-electron chi connectivity index (χ2n) is 13.0. The molecule has 0 unspecified atom stereocenters. The summed E-state index contributed by atoms with van der Waals surface area (Å²) in [5.74, 6) is 1.19. The van der Waals surface area contributed by atoms with Gasteiger partial charge in [0.25, 0.3) is 5.91 Å². The zero-order valence-corrected chi connectivity index (χ0v) is 26.6. The van der Waals surface area contributed by atoms with Gasteiger partial charge in [-0.2, -0.15) is 0 Å². The number of aryl methyl sites for hydroxylation is 1. The molecule has 5 rings (SSSR count). The van der Waals surface area contributed by atoms with Gasteiger partial charge in [0.15, 0.2) is 17.3 Å². The van der Waals surface area contributed by atoms with Gasteiger partial charge in [-0.05, 0) is 51.3 Å². The number of piperazine rings is 1. The van der Waals surface area contributed by atoms with Crippen molar-refractivity contribution in [3.8, 4) is 5.75 Å². The number of hydrogen-bond acceptors (Lipinski definition) is 10. The van der Waals surface area contributed by atoms with Crippen LogP contribution in [0.5, 0.6) is 5.75 Å². The van der Waals surface area contributed by atoms with E-state index in [4.69, 9.17) is 20.2 Å². The first-order valence-corrected chi connectivity index (χ1v) is 15.9. The molecule has 3 fully saturated rings. The number of amides is 1. The summed E-state index contributed by atoms with van der Waals surface area (Å²) in [7, 11) is 8.39. The van der Waals surface area contributed by atoms with E-state index in [1.54, 1.807) is 0 Å². The highest BCUT2D eigenvalue weighted by Gasteiger charge is 2.29. The lowest BCUT2D eigenvalue weighted by atomic mass is 9.52. The number of aromatic nitrogens is 2. The molecule has 0 saturated carbocycles. The number of anilines is 4. The first-order valence-electron chi connectivity index (χ1n) is 15.9. The van der Waals surface area contributed by atoms with Crippen molar-refractivity contribution < 1.29 is 14.3 Å². The molecule has 3 saturated heterocycles. The number of ether oxygens (including phenoxy) is 2. The standard InChI is InChI=1S/C29H47B3N8O3/c1-3-22-27(34-19-8-16-42-17-9-19)37-28(25(36-22)26(33)41)35-20-4-5-23(24(18-20)43-29(30,31)32)40-10-6-21(7-11-40)39-14-12-38(2)13-15-39/h4-5,18-19,21H,3,6-17,30-32H2,1-2H3,(H2,33,41)(H2,34,35,37). The molecule has 0 aliphatic carbocycles. The number of nitrogens with one attached hydrogen (secondary N) is 2. The summed E-state index contributed by atoms with van der Waals surface area (Å²) in [5, 5.41) is 6.50. The summed E-state index contributed by atoms with van der Waals surface area (Å²) in [6.07, 6.45) is 4.70. The van der Waals surface area contributed by atoms with Gasteiger partial charge in [-0.15, -0.1) is 0 Å². The summed E-state index contributed by atoms with van der Waals surface area (Å²) >= 11 is 0. The Morgan fingerprint density at radius 1 is 1.05 bits per heavy atom. The van der Waals surface area contributed by atoms with Crippen LogP contribution in [-0.4, -0.2) is 126 Å². The van der Waals surface area contributed by atoms with Crippen LogP contribution in [0.15, 0.2) is 18.2 Å². The summed E-state index contributed by atoms with van der Waals surface area (Å²) in [6, 6.07) is 7.01. The molecule has 0 atom stereocenters. The van der Waals surface area contributed by atoms with E-state index < -0.39 is 5.91 Å². The van der Waals surface area contributed by atoms with E-state index in [1.165, 1.54) is 0 Å². The minimum Gasteiger partial charge on any atom is -0.511 e. The minimum atomic E-state index is -0.617. The average molecular weight is 588 g/mol. The van der Waals surface area contributed by atoms with Gasteiger partial charge < -0.3 is 35.6 Å². The summed E-state index contributed by atoms with van der Waals surface area (Å²) in [4.78, 5) is 29.5. The van der Waals surface area contributed by atoms with Crippen LogP contribution in [0.2, 0.25) is 0 Å². The number of carbonyl (C=O) groups excluding carboxylic acids is 1. The number of piperidine rings is 1. The normalized spacial score (nSPS) is 19.7. The monoisotopic (exact) mass is 588 g/mol. The zero-order valence-electron chi connectivity index (χ0n) is 26.6. The van der Waals surface area contributed by atoms with Crippen molar-refractivity contribution in [2.24, 2.45) is 5.73 Å². The maximum Gasteiger partial charge on any atom is 0.271 e. The van der Waals surface area contributed by atoms with Gasteiger partial charge in [-0.25, -0.2) is 9.97 Å². The summed E-state index contributed by atoms with van der Waals surface area (Å²) in [6.45, 7) is 10.0. The van der Waals surface area contributed by atoms with Gasteiger partial charge in [0, 0.05) is 81.6 Å². The van der Waals surface area contributed by atoms with E-state index in [2.05, 4.69) is 67.0 Å². The van der Waals surface area contributed by atoms with Crippen molar-refractivity contribution in [1.29, 1.82) is 0 Å². The Bertz CT molecular complexity index is 1260. The number of nitrogens with two attached hydrogens (primary N) is 1. The number of rotatable bonds is 10. The molecule has 1 amide bonds. The smallest absolute Gasteiger partial charge is 0.271 e. The molecule has 4 N–H and O–H groups in total. The van der Waals surface area contributed by atoms with E-state index in [0.717, 1.165) is 87.8 Å². The molecular formula is C29H47B3N8O3. The van der Waals surface area contributed by atoms with Crippen LogP contribution in [0, 0.1) is 0 Å². The topological polar surface area (TPSA) is 121 Å². The highest BCUT2D eigenvalue weighted by molar-refractivity contribution is 6.58. The predicted molar refractivity (Wildman–Crippen MR) is 180 cm³/mol. The van der Waals surface area contributed by atoms with Gasteiger partial charge in [-0.3, -0.25) is 9.69 Å².